The minimum Gasteiger partial charge on any atom is -0.336 e. The van der Waals surface area contributed by atoms with Crippen LogP contribution in [-0.2, 0) is 0 Å². The molecule has 1 heterocycles. The van der Waals surface area contributed by atoms with Gasteiger partial charge in [0.15, 0.2) is 0 Å². The van der Waals surface area contributed by atoms with E-state index in [9.17, 15) is 4.79 Å². The molecular weight excluding hydrogens is 380 g/mol. The summed E-state index contributed by atoms with van der Waals surface area (Å²) in [5, 5.41) is 0.745. The van der Waals surface area contributed by atoms with Crippen molar-refractivity contribution in [1.29, 1.82) is 0 Å². The number of hydrogen-bond donors (Lipinski definition) is 0. The van der Waals surface area contributed by atoms with Gasteiger partial charge in [0, 0.05) is 36.8 Å². The standard InChI is InChI=1S/C25H25ClN2O/c1-19-7-5-6-10-23(19)25(29)28-17-15-27(16-18-28)24(20-8-3-2-4-9-20)21-11-13-22(26)14-12-21/h2-14,24H,15-18H2,1H3. The summed E-state index contributed by atoms with van der Waals surface area (Å²) in [5.41, 5.74) is 4.31. The first-order valence-electron chi connectivity index (χ1n) is 10.0. The maximum Gasteiger partial charge on any atom is 0.254 e. The van der Waals surface area contributed by atoms with E-state index in [-0.39, 0.29) is 11.9 Å². The number of nitrogens with zero attached hydrogens (tertiary/aromatic N) is 2. The molecule has 0 aromatic heterocycles. The van der Waals surface area contributed by atoms with E-state index in [4.69, 9.17) is 11.6 Å². The summed E-state index contributed by atoms with van der Waals surface area (Å²) in [6.45, 7) is 5.11. The van der Waals surface area contributed by atoms with Gasteiger partial charge >= 0.3 is 0 Å². The molecule has 1 aliphatic heterocycles. The maximum atomic E-state index is 13.0. The first kappa shape index (κ1) is 19.7. The highest BCUT2D eigenvalue weighted by atomic mass is 35.5. The van der Waals surface area contributed by atoms with E-state index in [1.165, 1.54) is 11.1 Å². The molecular formula is C25H25ClN2O. The maximum absolute atomic E-state index is 13.0. The number of carbonyl (C=O) groups is 1. The third-order valence-electron chi connectivity index (χ3n) is 5.64. The number of rotatable bonds is 4. The third kappa shape index (κ3) is 4.36. The molecule has 1 aliphatic rings. The van der Waals surface area contributed by atoms with Gasteiger partial charge in [-0.3, -0.25) is 9.69 Å². The fourth-order valence-corrected chi connectivity index (χ4v) is 4.19. The number of benzene rings is 3. The molecule has 1 saturated heterocycles. The van der Waals surface area contributed by atoms with Crippen LogP contribution in [0.5, 0.6) is 0 Å². The Hall–Kier alpha value is -2.62. The van der Waals surface area contributed by atoms with Crippen LogP contribution in [0.25, 0.3) is 0 Å². The Morgan fingerprint density at radius 3 is 2.03 bits per heavy atom. The van der Waals surface area contributed by atoms with Crippen LogP contribution in [0.3, 0.4) is 0 Å². The van der Waals surface area contributed by atoms with Crippen molar-refractivity contribution in [3.05, 3.63) is 106 Å². The zero-order chi connectivity index (χ0) is 20.2. The van der Waals surface area contributed by atoms with Gasteiger partial charge in [0.2, 0.25) is 0 Å². The van der Waals surface area contributed by atoms with Crippen molar-refractivity contribution in [1.82, 2.24) is 9.80 Å². The Morgan fingerprint density at radius 1 is 0.793 bits per heavy atom. The van der Waals surface area contributed by atoms with Gasteiger partial charge in [-0.15, -0.1) is 0 Å². The topological polar surface area (TPSA) is 23.6 Å². The van der Waals surface area contributed by atoms with Crippen molar-refractivity contribution >= 4 is 17.5 Å². The van der Waals surface area contributed by atoms with E-state index in [0.29, 0.717) is 0 Å². The predicted molar refractivity (Wildman–Crippen MR) is 118 cm³/mol. The average molecular weight is 405 g/mol. The van der Waals surface area contributed by atoms with E-state index < -0.39 is 0 Å². The van der Waals surface area contributed by atoms with Crippen LogP contribution in [0.15, 0.2) is 78.9 Å². The number of amides is 1. The lowest BCUT2D eigenvalue weighted by Crippen LogP contribution is -2.50. The van der Waals surface area contributed by atoms with E-state index in [1.54, 1.807) is 0 Å². The number of piperazine rings is 1. The predicted octanol–water partition coefficient (Wildman–Crippen LogP) is 5.20. The highest BCUT2D eigenvalue weighted by Gasteiger charge is 2.28. The van der Waals surface area contributed by atoms with Crippen molar-refractivity contribution in [3.8, 4) is 0 Å². The molecule has 3 nitrogen and oxygen atoms in total. The molecule has 1 atom stereocenters. The van der Waals surface area contributed by atoms with Crippen LogP contribution in [-0.4, -0.2) is 41.9 Å². The van der Waals surface area contributed by atoms with Gasteiger partial charge in [-0.25, -0.2) is 0 Å². The molecule has 0 aliphatic carbocycles. The molecule has 3 aromatic carbocycles. The molecule has 0 bridgehead atoms. The number of hydrogen-bond acceptors (Lipinski definition) is 2. The summed E-state index contributed by atoms with van der Waals surface area (Å²) in [7, 11) is 0. The van der Waals surface area contributed by atoms with Gasteiger partial charge in [0.05, 0.1) is 6.04 Å². The van der Waals surface area contributed by atoms with Gasteiger partial charge in [-0.2, -0.15) is 0 Å². The normalized spacial score (nSPS) is 15.9. The SMILES string of the molecule is Cc1ccccc1C(=O)N1CCN(C(c2ccccc2)c2ccc(Cl)cc2)CC1. The van der Waals surface area contributed by atoms with Crippen LogP contribution in [0.2, 0.25) is 5.02 Å². The van der Waals surface area contributed by atoms with Gasteiger partial charge < -0.3 is 4.90 Å². The zero-order valence-electron chi connectivity index (χ0n) is 16.6. The van der Waals surface area contributed by atoms with E-state index in [2.05, 4.69) is 41.3 Å². The Labute approximate surface area is 177 Å². The second kappa shape index (κ2) is 8.81. The fraction of sp³-hybridized carbons (Fsp3) is 0.240. The number of carbonyl (C=O) groups excluding carboxylic acids is 1. The molecule has 1 amide bonds. The van der Waals surface area contributed by atoms with E-state index >= 15 is 0 Å². The first-order valence-corrected chi connectivity index (χ1v) is 10.4. The zero-order valence-corrected chi connectivity index (χ0v) is 17.3. The molecule has 0 N–H and O–H groups in total. The van der Waals surface area contributed by atoms with Gasteiger partial charge in [0.25, 0.3) is 5.91 Å². The van der Waals surface area contributed by atoms with Crippen molar-refractivity contribution in [2.45, 2.75) is 13.0 Å². The Balaban J connectivity index is 1.53. The Kier molecular flexibility index (Phi) is 5.98. The van der Waals surface area contributed by atoms with Crippen LogP contribution in [0.4, 0.5) is 0 Å². The molecule has 4 rings (SSSR count). The summed E-state index contributed by atoms with van der Waals surface area (Å²) in [4.78, 5) is 17.4. The number of aryl methyl sites for hydroxylation is 1. The van der Waals surface area contributed by atoms with Crippen molar-refractivity contribution in [3.63, 3.8) is 0 Å². The third-order valence-corrected chi connectivity index (χ3v) is 5.90. The van der Waals surface area contributed by atoms with Crippen molar-refractivity contribution in [2.24, 2.45) is 0 Å². The smallest absolute Gasteiger partial charge is 0.254 e. The Morgan fingerprint density at radius 2 is 1.38 bits per heavy atom. The molecule has 4 heteroatoms. The first-order chi connectivity index (χ1) is 14.1. The van der Waals surface area contributed by atoms with E-state index in [0.717, 1.165) is 42.3 Å². The van der Waals surface area contributed by atoms with Gasteiger partial charge in [-0.1, -0.05) is 72.3 Å². The van der Waals surface area contributed by atoms with Crippen LogP contribution < -0.4 is 0 Å². The largest absolute Gasteiger partial charge is 0.336 e. The minimum atomic E-state index is 0.130. The summed E-state index contributed by atoms with van der Waals surface area (Å²) in [6.07, 6.45) is 0. The van der Waals surface area contributed by atoms with Crippen LogP contribution >= 0.6 is 11.6 Å². The quantitative estimate of drug-likeness (QED) is 0.597. The monoisotopic (exact) mass is 404 g/mol. The van der Waals surface area contributed by atoms with E-state index in [1.807, 2.05) is 54.3 Å². The fourth-order valence-electron chi connectivity index (χ4n) is 4.06. The van der Waals surface area contributed by atoms with Crippen molar-refractivity contribution in [2.75, 3.05) is 26.2 Å². The molecule has 148 valence electrons. The lowest BCUT2D eigenvalue weighted by atomic mass is 9.96. The highest BCUT2D eigenvalue weighted by molar-refractivity contribution is 6.30. The molecule has 29 heavy (non-hydrogen) atoms. The second-order valence-electron chi connectivity index (χ2n) is 7.51. The molecule has 0 spiro atoms. The van der Waals surface area contributed by atoms with Gasteiger partial charge in [-0.05, 0) is 41.8 Å². The summed E-state index contributed by atoms with van der Waals surface area (Å²) < 4.78 is 0. The van der Waals surface area contributed by atoms with Crippen molar-refractivity contribution < 1.29 is 4.79 Å². The lowest BCUT2D eigenvalue weighted by molar-refractivity contribution is 0.0596. The summed E-state index contributed by atoms with van der Waals surface area (Å²) in [5.74, 6) is 0.130. The second-order valence-corrected chi connectivity index (χ2v) is 7.94. The van der Waals surface area contributed by atoms with Gasteiger partial charge in [0.1, 0.15) is 0 Å². The Bertz CT molecular complexity index is 964. The molecule has 0 saturated carbocycles. The minimum absolute atomic E-state index is 0.130. The molecule has 0 radical (unpaired) electrons. The summed E-state index contributed by atoms with van der Waals surface area (Å²) >= 11 is 6.12. The lowest BCUT2D eigenvalue weighted by Gasteiger charge is -2.40. The molecule has 3 aromatic rings. The summed E-state index contributed by atoms with van der Waals surface area (Å²) in [6, 6.07) is 26.6. The molecule has 1 unspecified atom stereocenters. The van der Waals surface area contributed by atoms with Crippen LogP contribution in [0.1, 0.15) is 33.1 Å². The van der Waals surface area contributed by atoms with Crippen LogP contribution in [0, 0.1) is 6.92 Å². The molecule has 1 fully saturated rings. The average Bonchev–Trinajstić information content (AvgIpc) is 2.76. The highest BCUT2D eigenvalue weighted by Crippen LogP contribution is 2.30. The number of halogens is 1.